The first kappa shape index (κ1) is 31.3. The lowest BCUT2D eigenvalue weighted by atomic mass is 9.97. The Morgan fingerprint density at radius 2 is 1.96 bits per heavy atom. The van der Waals surface area contributed by atoms with E-state index in [2.05, 4.69) is 27.0 Å². The van der Waals surface area contributed by atoms with Crippen LogP contribution in [0.1, 0.15) is 72.4 Å². The Hall–Kier alpha value is -4.97. The van der Waals surface area contributed by atoms with Crippen LogP contribution in [0.25, 0.3) is 28.1 Å². The van der Waals surface area contributed by atoms with Gasteiger partial charge in [-0.1, -0.05) is 6.07 Å². The number of hydrogen-bond acceptors (Lipinski definition) is 7. The van der Waals surface area contributed by atoms with Gasteiger partial charge in [-0.05, 0) is 87.8 Å². The molecule has 5 aromatic rings. The summed E-state index contributed by atoms with van der Waals surface area (Å²) in [7, 11) is 3.40. The number of carbonyl (C=O) groups is 2. The molecule has 7 heterocycles. The number of fused-ring (bicyclic) bond motifs is 4. The van der Waals surface area contributed by atoms with Crippen LogP contribution in [0.3, 0.4) is 0 Å². The molecule has 49 heavy (non-hydrogen) atoms. The molecule has 1 aliphatic carbocycles. The van der Waals surface area contributed by atoms with Crippen LogP contribution in [-0.2, 0) is 13.1 Å². The molecular formula is C37H43N9O3. The van der Waals surface area contributed by atoms with Crippen molar-refractivity contribution in [2.24, 2.45) is 11.7 Å². The molecule has 3 amide bonds. The Bertz CT molecular complexity index is 2070. The van der Waals surface area contributed by atoms with Crippen molar-refractivity contribution in [2.75, 3.05) is 14.2 Å². The van der Waals surface area contributed by atoms with Crippen molar-refractivity contribution < 1.29 is 14.3 Å². The number of nitrogens with two attached hydrogens (primary N) is 1. The van der Waals surface area contributed by atoms with Gasteiger partial charge in [-0.15, -0.1) is 0 Å². The maximum atomic E-state index is 13.8. The minimum Gasteiger partial charge on any atom is -0.482 e. The average Bonchev–Trinajstić information content (AvgIpc) is 3.42. The average molecular weight is 662 g/mol. The summed E-state index contributed by atoms with van der Waals surface area (Å²) in [4.78, 5) is 45.0. The Morgan fingerprint density at radius 1 is 1.12 bits per heavy atom. The molecule has 3 fully saturated rings. The SMILES string of the molecule is COc1cc(C(=O)N2[C@H]3CC[C@@H]2[C@H](N)C3)cc2nc(-c3cc4ccc([C@@H](C)NC(=O)N(C)Cc5cccnc5)nc4n3CC3CC3)c(C)n12. The van der Waals surface area contributed by atoms with Crippen molar-refractivity contribution in [3.63, 3.8) is 0 Å². The van der Waals surface area contributed by atoms with Crippen LogP contribution >= 0.6 is 0 Å². The number of aromatic nitrogens is 5. The van der Waals surface area contributed by atoms with Gasteiger partial charge in [0.2, 0.25) is 0 Å². The third-order valence-corrected chi connectivity index (χ3v) is 10.6. The Balaban J connectivity index is 1.12. The molecular weight excluding hydrogens is 618 g/mol. The third kappa shape index (κ3) is 5.57. The molecule has 0 unspecified atom stereocenters. The lowest BCUT2D eigenvalue weighted by Crippen LogP contribution is -2.40. The van der Waals surface area contributed by atoms with E-state index in [0.717, 1.165) is 65.2 Å². The molecule has 5 aromatic heterocycles. The van der Waals surface area contributed by atoms with Gasteiger partial charge in [0, 0.05) is 67.7 Å². The number of urea groups is 1. The van der Waals surface area contributed by atoms with Gasteiger partial charge in [-0.2, -0.15) is 0 Å². The zero-order valence-electron chi connectivity index (χ0n) is 28.5. The normalized spacial score (nSPS) is 20.7. The highest BCUT2D eigenvalue weighted by molar-refractivity contribution is 5.97. The Kier molecular flexibility index (Phi) is 7.78. The highest BCUT2D eigenvalue weighted by atomic mass is 16.5. The predicted octanol–water partition coefficient (Wildman–Crippen LogP) is 5.08. The van der Waals surface area contributed by atoms with Gasteiger partial charge in [0.15, 0.2) is 5.88 Å². The van der Waals surface area contributed by atoms with Crippen molar-refractivity contribution in [3.05, 3.63) is 77.4 Å². The molecule has 8 rings (SSSR count). The topological polar surface area (TPSA) is 136 Å². The molecule has 2 saturated heterocycles. The van der Waals surface area contributed by atoms with Crippen LogP contribution in [0.15, 0.2) is 54.9 Å². The third-order valence-electron chi connectivity index (χ3n) is 10.6. The zero-order chi connectivity index (χ0) is 34.0. The summed E-state index contributed by atoms with van der Waals surface area (Å²) >= 11 is 0. The molecule has 3 N–H and O–H groups in total. The number of imidazole rings is 1. The van der Waals surface area contributed by atoms with Crippen LogP contribution in [0, 0.1) is 12.8 Å². The fraction of sp³-hybridized carbons (Fsp3) is 0.432. The Labute approximate surface area is 285 Å². The maximum Gasteiger partial charge on any atom is 0.317 e. The molecule has 2 bridgehead atoms. The second-order valence-electron chi connectivity index (χ2n) is 14.1. The number of methoxy groups -OCH3 is 1. The van der Waals surface area contributed by atoms with Crippen molar-refractivity contribution in [2.45, 2.75) is 83.2 Å². The van der Waals surface area contributed by atoms with Crippen molar-refractivity contribution >= 4 is 28.6 Å². The molecule has 0 spiro atoms. The van der Waals surface area contributed by atoms with E-state index < -0.39 is 0 Å². The second-order valence-corrected chi connectivity index (χ2v) is 14.1. The van der Waals surface area contributed by atoms with Crippen LogP contribution in [0.2, 0.25) is 0 Å². The van der Waals surface area contributed by atoms with Crippen LogP contribution in [0.4, 0.5) is 4.79 Å². The highest BCUT2D eigenvalue weighted by Gasteiger charge is 2.47. The van der Waals surface area contributed by atoms with Gasteiger partial charge in [0.25, 0.3) is 5.91 Å². The van der Waals surface area contributed by atoms with E-state index in [0.29, 0.717) is 29.6 Å². The summed E-state index contributed by atoms with van der Waals surface area (Å²) in [6.45, 7) is 5.28. The molecule has 1 saturated carbocycles. The number of rotatable bonds is 9. The summed E-state index contributed by atoms with van der Waals surface area (Å²) < 4.78 is 10.1. The molecule has 2 aliphatic heterocycles. The summed E-state index contributed by atoms with van der Waals surface area (Å²) in [5, 5.41) is 4.11. The number of ether oxygens (including phenoxy) is 1. The number of carbonyl (C=O) groups excluding carboxylic acids is 2. The second kappa shape index (κ2) is 12.2. The van der Waals surface area contributed by atoms with E-state index in [-0.39, 0.29) is 36.1 Å². The lowest BCUT2D eigenvalue weighted by molar-refractivity contribution is 0.0726. The van der Waals surface area contributed by atoms with Gasteiger partial charge in [-0.3, -0.25) is 14.2 Å². The predicted molar refractivity (Wildman–Crippen MR) is 186 cm³/mol. The van der Waals surface area contributed by atoms with Gasteiger partial charge < -0.3 is 30.2 Å². The molecule has 3 aliphatic rings. The van der Waals surface area contributed by atoms with E-state index in [1.165, 1.54) is 12.8 Å². The number of nitrogens with one attached hydrogen (secondary N) is 1. The van der Waals surface area contributed by atoms with E-state index >= 15 is 0 Å². The van der Waals surface area contributed by atoms with E-state index in [9.17, 15) is 9.59 Å². The quantitative estimate of drug-likeness (QED) is 0.225. The van der Waals surface area contributed by atoms with Crippen molar-refractivity contribution in [1.82, 2.24) is 39.0 Å². The van der Waals surface area contributed by atoms with Gasteiger partial charge in [0.1, 0.15) is 17.0 Å². The fourth-order valence-corrected chi connectivity index (χ4v) is 7.82. The lowest BCUT2D eigenvalue weighted by Gasteiger charge is -2.23. The molecule has 254 valence electrons. The summed E-state index contributed by atoms with van der Waals surface area (Å²) in [5.41, 5.74) is 12.9. The standard InChI is InChI=1S/C37H43N9O3/c1-21(40-37(48)43(3)19-24-6-5-13-39-18-24)29-11-9-25-14-31(44(35(25)41-29)20-23-7-8-23)34-22(2)45-32(42-34)15-26(16-33(45)49-4)36(47)46-27-10-12-30(46)28(38)17-27/h5-6,9,11,13-16,18,21,23,27-28,30H,7-8,10,12,17,19-20,38H2,1-4H3,(H,40,48)/t21-,27+,28-,30-/m1/s1. The molecule has 4 atom stereocenters. The monoisotopic (exact) mass is 661 g/mol. The molecule has 0 radical (unpaired) electrons. The summed E-state index contributed by atoms with van der Waals surface area (Å²) in [6.07, 6.45) is 8.67. The number of aryl methyl sites for hydroxylation is 1. The van der Waals surface area contributed by atoms with Crippen molar-refractivity contribution in [3.8, 4) is 17.3 Å². The summed E-state index contributed by atoms with van der Waals surface area (Å²) in [6, 6.07) is 13.6. The Morgan fingerprint density at radius 3 is 2.65 bits per heavy atom. The number of amides is 3. The minimum atomic E-state index is -0.307. The number of nitrogens with zero attached hydrogens (tertiary/aromatic N) is 7. The van der Waals surface area contributed by atoms with Gasteiger partial charge in [-0.25, -0.2) is 14.8 Å². The first-order valence-corrected chi connectivity index (χ1v) is 17.3. The maximum absolute atomic E-state index is 13.8. The first-order chi connectivity index (χ1) is 23.7. The number of hydrogen-bond donors (Lipinski definition) is 2. The molecule has 0 aromatic carbocycles. The first-order valence-electron chi connectivity index (χ1n) is 17.3. The zero-order valence-corrected chi connectivity index (χ0v) is 28.5. The van der Waals surface area contributed by atoms with Crippen LogP contribution < -0.4 is 15.8 Å². The van der Waals surface area contributed by atoms with Crippen molar-refractivity contribution in [1.29, 1.82) is 0 Å². The largest absolute Gasteiger partial charge is 0.482 e. The van der Waals surface area contributed by atoms with Gasteiger partial charge in [0.05, 0.1) is 30.2 Å². The smallest absolute Gasteiger partial charge is 0.317 e. The molecule has 12 nitrogen and oxygen atoms in total. The highest BCUT2D eigenvalue weighted by Crippen LogP contribution is 2.40. The van der Waals surface area contributed by atoms with E-state index in [1.807, 2.05) is 53.5 Å². The van der Waals surface area contributed by atoms with E-state index in [4.69, 9.17) is 20.4 Å². The van der Waals surface area contributed by atoms with Crippen LogP contribution in [0.5, 0.6) is 5.88 Å². The fourth-order valence-electron chi connectivity index (χ4n) is 7.82. The minimum absolute atomic E-state index is 0.00694. The summed E-state index contributed by atoms with van der Waals surface area (Å²) in [5.74, 6) is 1.14. The van der Waals surface area contributed by atoms with Crippen LogP contribution in [-0.4, -0.2) is 77.9 Å². The van der Waals surface area contributed by atoms with E-state index in [1.54, 1.807) is 31.5 Å². The number of pyridine rings is 3. The molecule has 12 heteroatoms. The van der Waals surface area contributed by atoms with Gasteiger partial charge >= 0.3 is 6.03 Å².